The summed E-state index contributed by atoms with van der Waals surface area (Å²) in [4.78, 5) is 15.7. The van der Waals surface area contributed by atoms with Crippen molar-refractivity contribution in [1.29, 1.82) is 5.26 Å². The van der Waals surface area contributed by atoms with E-state index < -0.39 is 5.97 Å². The number of amidine groups is 1. The minimum absolute atomic E-state index is 0.247. The first-order valence-electron chi connectivity index (χ1n) is 4.78. The molecule has 5 nitrogen and oxygen atoms in total. The molecule has 1 rings (SSSR count). The quantitative estimate of drug-likeness (QED) is 0.297. The molecule has 1 aromatic carbocycles. The van der Waals surface area contributed by atoms with Crippen LogP contribution in [-0.4, -0.2) is 24.5 Å². The minimum Gasteiger partial charge on any atom is -0.465 e. The van der Waals surface area contributed by atoms with Crippen molar-refractivity contribution in [3.05, 3.63) is 28.8 Å². The number of hydrogen-bond acceptors (Lipinski definition) is 5. The maximum Gasteiger partial charge on any atom is 0.340 e. The van der Waals surface area contributed by atoms with E-state index >= 15 is 0 Å². The number of rotatable bonds is 2. The predicted molar refractivity (Wildman–Crippen MR) is 72.2 cm³/mol. The average molecular weight is 284 g/mol. The molecule has 0 bridgehead atoms. The number of halogens is 1. The normalized spacial score (nSPS) is 10.7. The summed E-state index contributed by atoms with van der Waals surface area (Å²) in [6, 6.07) is 4.79. The highest BCUT2D eigenvalue weighted by atomic mass is 35.5. The minimum atomic E-state index is -0.534. The Morgan fingerprint density at radius 3 is 2.89 bits per heavy atom. The first-order chi connectivity index (χ1) is 8.63. The number of nitriles is 1. The molecule has 0 fully saturated rings. The van der Waals surface area contributed by atoms with Gasteiger partial charge in [-0.15, -0.1) is 0 Å². The molecule has 0 spiro atoms. The number of carbonyl (C=O) groups excluding carboxylic acids is 1. The lowest BCUT2D eigenvalue weighted by Crippen LogP contribution is -2.13. The molecular weight excluding hydrogens is 274 g/mol. The van der Waals surface area contributed by atoms with E-state index in [-0.39, 0.29) is 11.3 Å². The zero-order valence-electron chi connectivity index (χ0n) is 9.73. The highest BCUT2D eigenvalue weighted by Gasteiger charge is 2.14. The first-order valence-corrected chi connectivity index (χ1v) is 6.39. The van der Waals surface area contributed by atoms with E-state index in [9.17, 15) is 4.79 Å². The van der Waals surface area contributed by atoms with Crippen molar-refractivity contribution >= 4 is 40.2 Å². The molecule has 0 saturated heterocycles. The Hall–Kier alpha value is -1.71. The Bertz CT molecular complexity index is 526. The molecule has 94 valence electrons. The van der Waals surface area contributed by atoms with Gasteiger partial charge in [0.1, 0.15) is 0 Å². The maximum absolute atomic E-state index is 11.6. The molecule has 1 N–H and O–H groups in total. The van der Waals surface area contributed by atoms with Crippen LogP contribution in [0.5, 0.6) is 0 Å². The van der Waals surface area contributed by atoms with Gasteiger partial charge in [0.2, 0.25) is 0 Å². The van der Waals surface area contributed by atoms with Crippen LogP contribution in [0.1, 0.15) is 10.4 Å². The highest BCUT2D eigenvalue weighted by molar-refractivity contribution is 8.13. The molecule has 0 heterocycles. The van der Waals surface area contributed by atoms with Crippen molar-refractivity contribution in [3.8, 4) is 6.19 Å². The molecule has 0 aliphatic carbocycles. The number of esters is 1. The van der Waals surface area contributed by atoms with E-state index in [4.69, 9.17) is 16.9 Å². The van der Waals surface area contributed by atoms with Crippen LogP contribution in [-0.2, 0) is 4.74 Å². The molecule has 0 saturated carbocycles. The fourth-order valence-corrected chi connectivity index (χ4v) is 1.72. The summed E-state index contributed by atoms with van der Waals surface area (Å²) in [7, 11) is 1.28. The smallest absolute Gasteiger partial charge is 0.340 e. The lowest BCUT2D eigenvalue weighted by molar-refractivity contribution is 0.0601. The lowest BCUT2D eigenvalue weighted by Gasteiger charge is -2.07. The largest absolute Gasteiger partial charge is 0.465 e. The van der Waals surface area contributed by atoms with Crippen molar-refractivity contribution in [2.45, 2.75) is 0 Å². The summed E-state index contributed by atoms with van der Waals surface area (Å²) in [5.74, 6) is -0.534. The summed E-state index contributed by atoms with van der Waals surface area (Å²) >= 11 is 7.23. The van der Waals surface area contributed by atoms with Crippen molar-refractivity contribution < 1.29 is 9.53 Å². The summed E-state index contributed by atoms with van der Waals surface area (Å²) in [6.45, 7) is 0. The molecule has 0 amide bonds. The van der Waals surface area contributed by atoms with Gasteiger partial charge in [0.15, 0.2) is 11.4 Å². The molecule has 18 heavy (non-hydrogen) atoms. The third-order valence-corrected chi connectivity index (χ3v) is 2.85. The van der Waals surface area contributed by atoms with Crippen LogP contribution in [0.4, 0.5) is 5.69 Å². The van der Waals surface area contributed by atoms with E-state index in [2.05, 4.69) is 15.0 Å². The van der Waals surface area contributed by atoms with Crippen LogP contribution < -0.4 is 5.32 Å². The standard InChI is InChI=1S/C11H10ClN3O2S/c1-17-10(16)7-4-3-5-8(12)9(7)15-11(18-2)14-6-13/h3-5H,1-2H3,(H,14,15). The predicted octanol–water partition coefficient (Wildman–Crippen LogP) is 2.55. The van der Waals surface area contributed by atoms with Crippen LogP contribution in [0.25, 0.3) is 0 Å². The van der Waals surface area contributed by atoms with Gasteiger partial charge in [-0.05, 0) is 18.4 Å². The van der Waals surface area contributed by atoms with Crippen LogP contribution >= 0.6 is 23.4 Å². The van der Waals surface area contributed by atoms with E-state index in [1.165, 1.54) is 18.9 Å². The van der Waals surface area contributed by atoms with Crippen LogP contribution in [0.2, 0.25) is 5.02 Å². The van der Waals surface area contributed by atoms with Crippen LogP contribution in [0, 0.1) is 11.5 Å². The molecule has 7 heteroatoms. The molecule has 0 atom stereocenters. The number of nitrogens with zero attached hydrogens (tertiary/aromatic N) is 2. The van der Waals surface area contributed by atoms with Gasteiger partial charge in [-0.3, -0.25) is 5.32 Å². The van der Waals surface area contributed by atoms with Gasteiger partial charge >= 0.3 is 5.97 Å². The van der Waals surface area contributed by atoms with E-state index in [0.29, 0.717) is 10.2 Å². The van der Waals surface area contributed by atoms with Gasteiger partial charge in [0, 0.05) is 0 Å². The summed E-state index contributed by atoms with van der Waals surface area (Å²) < 4.78 is 4.65. The van der Waals surface area contributed by atoms with Gasteiger partial charge in [0.05, 0.1) is 23.4 Å². The Kier molecular flexibility index (Phi) is 5.49. The number of para-hydroxylation sites is 1. The van der Waals surface area contributed by atoms with Crippen LogP contribution in [0.15, 0.2) is 23.2 Å². The maximum atomic E-state index is 11.6. The van der Waals surface area contributed by atoms with Crippen molar-refractivity contribution in [1.82, 2.24) is 5.32 Å². The molecule has 0 aliphatic rings. The van der Waals surface area contributed by atoms with Gasteiger partial charge in [-0.1, -0.05) is 29.4 Å². The first kappa shape index (κ1) is 14.4. The van der Waals surface area contributed by atoms with Gasteiger partial charge < -0.3 is 4.74 Å². The number of thioether (sulfide) groups is 1. The van der Waals surface area contributed by atoms with Crippen molar-refractivity contribution in [3.63, 3.8) is 0 Å². The van der Waals surface area contributed by atoms with E-state index in [1.807, 2.05) is 0 Å². The molecule has 0 aromatic heterocycles. The number of carbonyl (C=O) groups is 1. The number of benzene rings is 1. The van der Waals surface area contributed by atoms with E-state index in [0.717, 1.165) is 0 Å². The molecular formula is C11H10ClN3O2S. The SMILES string of the molecule is COC(=O)c1cccc(Cl)c1N=C(NC#N)SC. The lowest BCUT2D eigenvalue weighted by atomic mass is 10.2. The van der Waals surface area contributed by atoms with Gasteiger partial charge in [-0.2, -0.15) is 5.26 Å². The monoisotopic (exact) mass is 283 g/mol. The third kappa shape index (κ3) is 3.39. The Morgan fingerprint density at radius 2 is 2.33 bits per heavy atom. The number of methoxy groups -OCH3 is 1. The summed E-state index contributed by atoms with van der Waals surface area (Å²) in [5, 5.41) is 11.6. The Balaban J connectivity index is 3.30. The molecule has 0 unspecified atom stereocenters. The molecule has 0 aliphatic heterocycles. The van der Waals surface area contributed by atoms with Crippen molar-refractivity contribution in [2.24, 2.45) is 4.99 Å². The van der Waals surface area contributed by atoms with E-state index in [1.54, 1.807) is 30.6 Å². The topological polar surface area (TPSA) is 74.5 Å². The highest BCUT2D eigenvalue weighted by Crippen LogP contribution is 2.30. The fraction of sp³-hybridized carbons (Fsp3) is 0.182. The second-order valence-corrected chi connectivity index (χ2v) is 4.19. The number of ether oxygens (including phenoxy) is 1. The number of nitrogens with one attached hydrogen (secondary N) is 1. The summed E-state index contributed by atoms with van der Waals surface area (Å²) in [5.41, 5.74) is 0.523. The number of aliphatic imine (C=N–C) groups is 1. The second-order valence-electron chi connectivity index (χ2n) is 2.99. The average Bonchev–Trinajstić information content (AvgIpc) is 2.39. The van der Waals surface area contributed by atoms with Gasteiger partial charge in [0.25, 0.3) is 0 Å². The fourth-order valence-electron chi connectivity index (χ4n) is 1.18. The van der Waals surface area contributed by atoms with Crippen molar-refractivity contribution in [2.75, 3.05) is 13.4 Å². The van der Waals surface area contributed by atoms with Crippen LogP contribution in [0.3, 0.4) is 0 Å². The Labute approximate surface area is 114 Å². The zero-order valence-corrected chi connectivity index (χ0v) is 11.3. The van der Waals surface area contributed by atoms with Gasteiger partial charge in [-0.25, -0.2) is 9.79 Å². The third-order valence-electron chi connectivity index (χ3n) is 1.96. The Morgan fingerprint density at radius 1 is 1.61 bits per heavy atom. The molecule has 1 aromatic rings. The molecule has 0 radical (unpaired) electrons. The second kappa shape index (κ2) is 6.89. The number of hydrogen-bond donors (Lipinski definition) is 1. The zero-order chi connectivity index (χ0) is 13.5. The summed E-state index contributed by atoms with van der Waals surface area (Å²) in [6.07, 6.45) is 3.51.